The van der Waals surface area contributed by atoms with E-state index in [4.69, 9.17) is 16.3 Å². The summed E-state index contributed by atoms with van der Waals surface area (Å²) in [5, 5.41) is 3.38. The average molecular weight is 233 g/mol. The number of rotatable bonds is 4. The number of nitrogens with zero attached hydrogens (tertiary/aromatic N) is 1. The standard InChI is InChI=1S/C9H13ClN2OS/c10-9-12-4-8(14-9)6-13-5-7-2-1-3-11-7/h4,7,11H,1-3,5-6H2/t7-/m0/s1. The smallest absolute Gasteiger partial charge is 0.183 e. The lowest BCUT2D eigenvalue weighted by atomic mass is 10.2. The molecule has 3 nitrogen and oxygen atoms in total. The van der Waals surface area contributed by atoms with Crippen LogP contribution in [0.4, 0.5) is 0 Å². The van der Waals surface area contributed by atoms with E-state index >= 15 is 0 Å². The fraction of sp³-hybridized carbons (Fsp3) is 0.667. The van der Waals surface area contributed by atoms with Crippen LogP contribution in [0.1, 0.15) is 17.7 Å². The quantitative estimate of drug-likeness (QED) is 0.863. The van der Waals surface area contributed by atoms with E-state index in [1.54, 1.807) is 6.20 Å². The Kier molecular flexibility index (Phi) is 3.75. The largest absolute Gasteiger partial charge is 0.374 e. The third-order valence-electron chi connectivity index (χ3n) is 2.25. The summed E-state index contributed by atoms with van der Waals surface area (Å²) in [5.74, 6) is 0. The molecule has 14 heavy (non-hydrogen) atoms. The molecular formula is C9H13ClN2OS. The highest BCUT2D eigenvalue weighted by molar-refractivity contribution is 7.15. The van der Waals surface area contributed by atoms with Gasteiger partial charge in [0.1, 0.15) is 0 Å². The Morgan fingerprint density at radius 3 is 3.29 bits per heavy atom. The summed E-state index contributed by atoms with van der Waals surface area (Å²) in [7, 11) is 0. The van der Waals surface area contributed by atoms with Gasteiger partial charge in [-0.25, -0.2) is 4.98 Å². The van der Waals surface area contributed by atoms with Gasteiger partial charge in [-0.15, -0.1) is 11.3 Å². The van der Waals surface area contributed by atoms with Crippen molar-refractivity contribution in [3.63, 3.8) is 0 Å². The molecule has 2 heterocycles. The molecular weight excluding hydrogens is 220 g/mol. The van der Waals surface area contributed by atoms with E-state index in [2.05, 4.69) is 10.3 Å². The summed E-state index contributed by atoms with van der Waals surface area (Å²) >= 11 is 7.19. The molecule has 1 saturated heterocycles. The summed E-state index contributed by atoms with van der Waals surface area (Å²) in [6.07, 6.45) is 4.26. The first-order valence-electron chi connectivity index (χ1n) is 4.76. The first-order chi connectivity index (χ1) is 6.84. The maximum atomic E-state index is 5.71. The summed E-state index contributed by atoms with van der Waals surface area (Å²) in [4.78, 5) is 5.05. The van der Waals surface area contributed by atoms with Gasteiger partial charge in [0, 0.05) is 12.2 Å². The molecule has 0 spiro atoms. The molecule has 1 fully saturated rings. The van der Waals surface area contributed by atoms with Crippen molar-refractivity contribution in [1.82, 2.24) is 10.3 Å². The Balaban J connectivity index is 1.67. The normalized spacial score (nSPS) is 21.6. The number of thiazole rings is 1. The maximum absolute atomic E-state index is 5.71. The molecule has 1 N–H and O–H groups in total. The zero-order valence-corrected chi connectivity index (χ0v) is 9.40. The predicted molar refractivity (Wildman–Crippen MR) is 57.8 cm³/mol. The van der Waals surface area contributed by atoms with E-state index < -0.39 is 0 Å². The van der Waals surface area contributed by atoms with E-state index in [9.17, 15) is 0 Å². The van der Waals surface area contributed by atoms with Gasteiger partial charge in [-0.3, -0.25) is 0 Å². The zero-order valence-electron chi connectivity index (χ0n) is 7.83. The monoisotopic (exact) mass is 232 g/mol. The SMILES string of the molecule is Clc1ncc(COC[C@@H]2CCCN2)s1. The number of aromatic nitrogens is 1. The molecule has 78 valence electrons. The molecule has 0 aliphatic carbocycles. The molecule has 0 amide bonds. The van der Waals surface area contributed by atoms with E-state index in [0.717, 1.165) is 18.0 Å². The Bertz CT molecular complexity index is 286. The first-order valence-corrected chi connectivity index (χ1v) is 5.95. The second-order valence-electron chi connectivity index (χ2n) is 3.39. The van der Waals surface area contributed by atoms with Crippen molar-refractivity contribution in [1.29, 1.82) is 0 Å². The van der Waals surface area contributed by atoms with E-state index in [0.29, 0.717) is 17.1 Å². The van der Waals surface area contributed by atoms with Crippen LogP contribution in [-0.2, 0) is 11.3 Å². The van der Waals surface area contributed by atoms with Crippen LogP contribution in [0, 0.1) is 0 Å². The van der Waals surface area contributed by atoms with E-state index in [1.807, 2.05) is 0 Å². The van der Waals surface area contributed by atoms with Gasteiger partial charge in [0.2, 0.25) is 0 Å². The summed E-state index contributed by atoms with van der Waals surface area (Å²) in [6.45, 7) is 2.54. The van der Waals surface area contributed by atoms with Crippen LogP contribution in [-0.4, -0.2) is 24.2 Å². The number of nitrogens with one attached hydrogen (secondary N) is 1. The van der Waals surface area contributed by atoms with E-state index in [-0.39, 0.29) is 0 Å². The Morgan fingerprint density at radius 1 is 1.71 bits per heavy atom. The number of halogens is 1. The molecule has 0 radical (unpaired) electrons. The van der Waals surface area contributed by atoms with Crippen LogP contribution >= 0.6 is 22.9 Å². The van der Waals surface area contributed by atoms with Crippen molar-refractivity contribution in [3.8, 4) is 0 Å². The highest BCUT2D eigenvalue weighted by atomic mass is 35.5. The molecule has 0 bridgehead atoms. The van der Waals surface area contributed by atoms with Gasteiger partial charge in [-0.05, 0) is 19.4 Å². The lowest BCUT2D eigenvalue weighted by Crippen LogP contribution is -2.26. The minimum Gasteiger partial charge on any atom is -0.374 e. The number of hydrogen-bond acceptors (Lipinski definition) is 4. The van der Waals surface area contributed by atoms with Crippen molar-refractivity contribution < 1.29 is 4.74 Å². The summed E-state index contributed by atoms with van der Waals surface area (Å²) in [6, 6.07) is 0.540. The molecule has 1 aliphatic rings. The molecule has 0 saturated carbocycles. The highest BCUT2D eigenvalue weighted by Gasteiger charge is 2.13. The van der Waals surface area contributed by atoms with Gasteiger partial charge < -0.3 is 10.1 Å². The zero-order chi connectivity index (χ0) is 9.80. The molecule has 5 heteroatoms. The minimum absolute atomic E-state index is 0.540. The topological polar surface area (TPSA) is 34.1 Å². The predicted octanol–water partition coefficient (Wildman–Crippen LogP) is 2.07. The van der Waals surface area contributed by atoms with Crippen molar-refractivity contribution in [3.05, 3.63) is 15.5 Å². The Morgan fingerprint density at radius 2 is 2.64 bits per heavy atom. The van der Waals surface area contributed by atoms with Crippen LogP contribution in [0.15, 0.2) is 6.20 Å². The van der Waals surface area contributed by atoms with Crippen LogP contribution in [0.25, 0.3) is 0 Å². The third kappa shape index (κ3) is 2.92. The van der Waals surface area contributed by atoms with Crippen molar-refractivity contribution in [2.45, 2.75) is 25.5 Å². The molecule has 1 aromatic rings. The molecule has 1 atom stereocenters. The first kappa shape index (κ1) is 10.4. The van der Waals surface area contributed by atoms with Gasteiger partial charge in [0.25, 0.3) is 0 Å². The maximum Gasteiger partial charge on any atom is 0.183 e. The van der Waals surface area contributed by atoms with Gasteiger partial charge in [0.05, 0.1) is 18.1 Å². The van der Waals surface area contributed by atoms with Crippen molar-refractivity contribution in [2.24, 2.45) is 0 Å². The second kappa shape index (κ2) is 5.07. The fourth-order valence-corrected chi connectivity index (χ4v) is 2.47. The van der Waals surface area contributed by atoms with Crippen molar-refractivity contribution in [2.75, 3.05) is 13.2 Å². The van der Waals surface area contributed by atoms with Gasteiger partial charge in [-0.1, -0.05) is 11.6 Å². The molecule has 2 rings (SSSR count). The number of ether oxygens (including phenoxy) is 1. The van der Waals surface area contributed by atoms with Crippen LogP contribution in [0.3, 0.4) is 0 Å². The van der Waals surface area contributed by atoms with Crippen molar-refractivity contribution >= 4 is 22.9 Å². The van der Waals surface area contributed by atoms with Gasteiger partial charge >= 0.3 is 0 Å². The fourth-order valence-electron chi connectivity index (χ4n) is 1.55. The van der Waals surface area contributed by atoms with Gasteiger partial charge in [-0.2, -0.15) is 0 Å². The Labute approximate surface area is 92.4 Å². The van der Waals surface area contributed by atoms with Crippen LogP contribution in [0.2, 0.25) is 4.47 Å². The summed E-state index contributed by atoms with van der Waals surface area (Å²) in [5.41, 5.74) is 0. The molecule has 0 unspecified atom stereocenters. The number of hydrogen-bond donors (Lipinski definition) is 1. The van der Waals surface area contributed by atoms with Crippen LogP contribution in [0.5, 0.6) is 0 Å². The van der Waals surface area contributed by atoms with E-state index in [1.165, 1.54) is 24.2 Å². The third-order valence-corrected chi connectivity index (χ3v) is 3.34. The van der Waals surface area contributed by atoms with Gasteiger partial charge in [0.15, 0.2) is 4.47 Å². The summed E-state index contributed by atoms with van der Waals surface area (Å²) < 4.78 is 6.15. The lowest BCUT2D eigenvalue weighted by Gasteiger charge is -2.09. The molecule has 1 aliphatic heterocycles. The molecule has 0 aromatic carbocycles. The average Bonchev–Trinajstić information content (AvgIpc) is 2.77. The second-order valence-corrected chi connectivity index (χ2v) is 5.09. The minimum atomic E-state index is 0.540. The lowest BCUT2D eigenvalue weighted by molar-refractivity contribution is 0.105. The highest BCUT2D eigenvalue weighted by Crippen LogP contribution is 2.18. The Hall–Kier alpha value is -0.160. The molecule has 1 aromatic heterocycles. The van der Waals surface area contributed by atoms with Crippen LogP contribution < -0.4 is 5.32 Å².